The fourth-order valence-corrected chi connectivity index (χ4v) is 5.38. The third-order valence-electron chi connectivity index (χ3n) is 6.64. The van der Waals surface area contributed by atoms with E-state index < -0.39 is 0 Å². The summed E-state index contributed by atoms with van der Waals surface area (Å²) in [5.74, 6) is 0. The fourth-order valence-electron chi connectivity index (χ4n) is 5.38. The van der Waals surface area contributed by atoms with Gasteiger partial charge < -0.3 is 4.40 Å². The lowest BCUT2D eigenvalue weighted by atomic mass is 9.93. The van der Waals surface area contributed by atoms with E-state index in [-0.39, 0.29) is 10.6 Å². The second kappa shape index (κ2) is 6.05. The van der Waals surface area contributed by atoms with Crippen molar-refractivity contribution in [1.29, 1.82) is 0 Å². The molecule has 2 heterocycles. The molecule has 0 aliphatic rings. The van der Waals surface area contributed by atoms with Crippen molar-refractivity contribution in [2.24, 2.45) is 0 Å². The van der Waals surface area contributed by atoms with Gasteiger partial charge in [-0.05, 0) is 34.5 Å². The number of nitro groups is 1. The molecule has 0 radical (unpaired) electrons. The molecule has 0 atom stereocenters. The predicted molar refractivity (Wildman–Crippen MR) is 131 cm³/mol. The molecular formula is C28H16N2O2. The van der Waals surface area contributed by atoms with E-state index in [1.54, 1.807) is 12.1 Å². The van der Waals surface area contributed by atoms with E-state index >= 15 is 0 Å². The van der Waals surface area contributed by atoms with Crippen molar-refractivity contribution >= 4 is 54.6 Å². The summed E-state index contributed by atoms with van der Waals surface area (Å²) in [5.41, 5.74) is 5.14. The maximum atomic E-state index is 11.7. The maximum Gasteiger partial charge on any atom is 0.277 e. The van der Waals surface area contributed by atoms with Gasteiger partial charge in [-0.2, -0.15) is 0 Å². The second-order valence-corrected chi connectivity index (χ2v) is 8.19. The standard InChI is InChI=1S/C28H16N2O2/c31-30(32)25-14-4-2-7-18(25)17-15-16-26-27-20(17)9-5-10-21(27)23-12-6-11-22-19-8-1-3-13-24(19)29(26)28(22)23/h1-16H. The number of fused-ring (bicyclic) bond motifs is 5. The van der Waals surface area contributed by atoms with Crippen molar-refractivity contribution < 1.29 is 4.92 Å². The molecule has 5 aromatic carbocycles. The van der Waals surface area contributed by atoms with Gasteiger partial charge in [0.25, 0.3) is 5.69 Å². The molecular weight excluding hydrogens is 396 g/mol. The Balaban J connectivity index is 1.75. The van der Waals surface area contributed by atoms with Crippen molar-refractivity contribution in [2.45, 2.75) is 0 Å². The van der Waals surface area contributed by atoms with Crippen molar-refractivity contribution in [1.82, 2.24) is 4.40 Å². The fraction of sp³-hybridized carbons (Fsp3) is 0. The van der Waals surface area contributed by atoms with Gasteiger partial charge in [0.15, 0.2) is 0 Å². The van der Waals surface area contributed by atoms with Gasteiger partial charge in [-0.1, -0.05) is 72.8 Å². The molecule has 2 aromatic heterocycles. The van der Waals surface area contributed by atoms with E-state index in [0.29, 0.717) is 5.56 Å². The number of pyridine rings is 1. The van der Waals surface area contributed by atoms with Gasteiger partial charge in [0.2, 0.25) is 0 Å². The summed E-state index contributed by atoms with van der Waals surface area (Å²) in [6, 6.07) is 32.4. The van der Waals surface area contributed by atoms with E-state index in [0.717, 1.165) is 21.9 Å². The highest BCUT2D eigenvalue weighted by Gasteiger charge is 2.21. The summed E-state index contributed by atoms with van der Waals surface area (Å²) in [6.07, 6.45) is 0. The SMILES string of the molecule is O=[N+]([O-])c1ccccc1-c1ccc2c3c1cccc3c1cccc3c4ccccc4n2c13. The van der Waals surface area contributed by atoms with Crippen LogP contribution in [0.25, 0.3) is 60.0 Å². The van der Waals surface area contributed by atoms with Crippen LogP contribution in [0.15, 0.2) is 97.1 Å². The normalized spacial score (nSPS) is 12.0. The monoisotopic (exact) mass is 412 g/mol. The van der Waals surface area contributed by atoms with Crippen LogP contribution in [-0.4, -0.2) is 9.32 Å². The lowest BCUT2D eigenvalue weighted by molar-refractivity contribution is -0.384. The van der Waals surface area contributed by atoms with Gasteiger partial charge in [0.1, 0.15) is 0 Å². The van der Waals surface area contributed by atoms with Crippen molar-refractivity contribution in [3.8, 4) is 11.1 Å². The topological polar surface area (TPSA) is 47.5 Å². The minimum Gasteiger partial charge on any atom is -0.308 e. The Labute approximate surface area is 182 Å². The summed E-state index contributed by atoms with van der Waals surface area (Å²) >= 11 is 0. The first-order valence-electron chi connectivity index (χ1n) is 10.6. The molecule has 0 aliphatic heterocycles. The van der Waals surface area contributed by atoms with E-state index in [4.69, 9.17) is 0 Å². The van der Waals surface area contributed by atoms with E-state index in [9.17, 15) is 10.1 Å². The summed E-state index contributed by atoms with van der Waals surface area (Å²) in [5, 5.41) is 18.7. The minimum atomic E-state index is -0.302. The molecule has 0 aliphatic carbocycles. The molecule has 0 saturated carbocycles. The van der Waals surface area contributed by atoms with Crippen LogP contribution in [0.3, 0.4) is 0 Å². The van der Waals surface area contributed by atoms with E-state index in [1.807, 2.05) is 18.2 Å². The average molecular weight is 412 g/mol. The third kappa shape index (κ3) is 2.06. The lowest BCUT2D eigenvalue weighted by Crippen LogP contribution is -1.95. The van der Waals surface area contributed by atoms with Crippen molar-refractivity contribution in [3.63, 3.8) is 0 Å². The van der Waals surface area contributed by atoms with Gasteiger partial charge >= 0.3 is 0 Å². The Kier molecular flexibility index (Phi) is 3.26. The Morgan fingerprint density at radius 1 is 0.562 bits per heavy atom. The largest absolute Gasteiger partial charge is 0.308 e. The van der Waals surface area contributed by atoms with Gasteiger partial charge in [-0.3, -0.25) is 10.1 Å². The van der Waals surface area contributed by atoms with Crippen molar-refractivity contribution in [3.05, 3.63) is 107 Å². The number of aromatic nitrogens is 1. The van der Waals surface area contributed by atoms with Crippen LogP contribution >= 0.6 is 0 Å². The number of hydrogen-bond acceptors (Lipinski definition) is 2. The Morgan fingerprint density at radius 2 is 1.22 bits per heavy atom. The molecule has 0 spiro atoms. The van der Waals surface area contributed by atoms with Crippen LogP contribution in [0.5, 0.6) is 0 Å². The number of rotatable bonds is 2. The maximum absolute atomic E-state index is 11.7. The molecule has 0 N–H and O–H groups in total. The summed E-state index contributed by atoms with van der Waals surface area (Å²) in [7, 11) is 0. The predicted octanol–water partition coefficient (Wildman–Crippen LogP) is 7.57. The first kappa shape index (κ1) is 17.3. The zero-order valence-electron chi connectivity index (χ0n) is 16.9. The first-order chi connectivity index (χ1) is 15.7. The Morgan fingerprint density at radius 3 is 2.06 bits per heavy atom. The molecule has 7 aromatic rings. The molecule has 0 unspecified atom stereocenters. The van der Waals surface area contributed by atoms with Gasteiger partial charge in [0.05, 0.1) is 27.0 Å². The van der Waals surface area contributed by atoms with Crippen LogP contribution in [-0.2, 0) is 0 Å². The summed E-state index contributed by atoms with van der Waals surface area (Å²) in [6.45, 7) is 0. The molecule has 4 heteroatoms. The zero-order valence-corrected chi connectivity index (χ0v) is 16.9. The molecule has 0 bridgehead atoms. The number of nitrogens with zero attached hydrogens (tertiary/aromatic N) is 2. The van der Waals surface area contributed by atoms with Crippen LogP contribution in [0.1, 0.15) is 0 Å². The molecule has 0 amide bonds. The third-order valence-corrected chi connectivity index (χ3v) is 6.64. The first-order valence-corrected chi connectivity index (χ1v) is 10.6. The van der Waals surface area contributed by atoms with E-state index in [1.165, 1.54) is 32.6 Å². The average Bonchev–Trinajstić information content (AvgIpc) is 3.18. The molecule has 4 nitrogen and oxygen atoms in total. The molecule has 0 fully saturated rings. The lowest BCUT2D eigenvalue weighted by Gasteiger charge is -2.15. The van der Waals surface area contributed by atoms with Gasteiger partial charge in [-0.25, -0.2) is 0 Å². The van der Waals surface area contributed by atoms with Crippen LogP contribution in [0, 0.1) is 10.1 Å². The van der Waals surface area contributed by atoms with Gasteiger partial charge in [0, 0.05) is 27.6 Å². The number of para-hydroxylation sites is 3. The highest BCUT2D eigenvalue weighted by Crippen LogP contribution is 2.43. The van der Waals surface area contributed by atoms with E-state index in [2.05, 4.69) is 71.1 Å². The van der Waals surface area contributed by atoms with Crippen molar-refractivity contribution in [2.75, 3.05) is 0 Å². The summed E-state index contributed by atoms with van der Waals surface area (Å²) < 4.78 is 2.35. The Bertz CT molecular complexity index is 1860. The Hall–Kier alpha value is -4.44. The number of benzene rings is 5. The highest BCUT2D eigenvalue weighted by molar-refractivity contribution is 6.28. The summed E-state index contributed by atoms with van der Waals surface area (Å²) in [4.78, 5) is 11.4. The minimum absolute atomic E-state index is 0.123. The number of hydrogen-bond donors (Lipinski definition) is 0. The second-order valence-electron chi connectivity index (χ2n) is 8.19. The smallest absolute Gasteiger partial charge is 0.277 e. The molecule has 0 saturated heterocycles. The van der Waals surface area contributed by atoms with Crippen LogP contribution in [0.2, 0.25) is 0 Å². The highest BCUT2D eigenvalue weighted by atomic mass is 16.6. The van der Waals surface area contributed by atoms with Crippen LogP contribution in [0.4, 0.5) is 5.69 Å². The number of nitro benzene ring substituents is 1. The molecule has 7 rings (SSSR count). The van der Waals surface area contributed by atoms with Gasteiger partial charge in [-0.15, -0.1) is 0 Å². The van der Waals surface area contributed by atoms with Crippen LogP contribution < -0.4 is 0 Å². The zero-order chi connectivity index (χ0) is 21.4. The quantitative estimate of drug-likeness (QED) is 0.127. The molecule has 32 heavy (non-hydrogen) atoms. The molecule has 150 valence electrons.